The molecule has 0 unspecified atom stereocenters. The van der Waals surface area contributed by atoms with Crippen molar-refractivity contribution in [3.05, 3.63) is 83.7 Å². The Hall–Kier alpha value is -3.03. The van der Waals surface area contributed by atoms with Gasteiger partial charge in [0, 0.05) is 12.1 Å². The molecule has 2 aromatic rings. The van der Waals surface area contributed by atoms with Crippen molar-refractivity contribution >= 4 is 11.8 Å². The Bertz CT molecular complexity index is 871. The molecule has 0 radical (unpaired) electrons. The molecule has 3 atom stereocenters. The molecule has 0 aliphatic carbocycles. The van der Waals surface area contributed by atoms with Gasteiger partial charge < -0.3 is 20.5 Å². The molecule has 2 aromatic carbocycles. The number of carbonyl (C=O) groups excluding carboxylic acids is 2. The average Bonchev–Trinajstić information content (AvgIpc) is 2.76. The van der Waals surface area contributed by atoms with E-state index in [4.69, 9.17) is 4.74 Å². The number of nitrogens with one attached hydrogen (secondary N) is 2. The fourth-order valence-electron chi connectivity index (χ4n) is 3.22. The topological polar surface area (TPSA) is 87.7 Å². The lowest BCUT2D eigenvalue weighted by atomic mass is 10.0. The average molecular weight is 412 g/mol. The van der Waals surface area contributed by atoms with Crippen LogP contribution in [-0.2, 0) is 16.0 Å². The summed E-state index contributed by atoms with van der Waals surface area (Å²) in [5.41, 5.74) is 1.45. The standard InChI is InChI=1S/C23H25FN2O4/c24-18-8-6-17(7-9-18)23(29)26-20-11-10-19(30-21(20)15-27)14-22(28)25-13-12-16-4-2-1-3-5-16/h1-11,19-21,27H,12-15H2,(H,25,28)(H,26,29)/t19-,20+,21-/m0/s1. The molecule has 6 nitrogen and oxygen atoms in total. The lowest BCUT2D eigenvalue weighted by Crippen LogP contribution is -2.49. The molecule has 1 heterocycles. The van der Waals surface area contributed by atoms with E-state index < -0.39 is 30.0 Å². The lowest BCUT2D eigenvalue weighted by molar-refractivity contribution is -0.125. The van der Waals surface area contributed by atoms with Gasteiger partial charge in [-0.05, 0) is 36.2 Å². The van der Waals surface area contributed by atoms with E-state index in [0.29, 0.717) is 12.1 Å². The van der Waals surface area contributed by atoms with Gasteiger partial charge >= 0.3 is 0 Å². The summed E-state index contributed by atoms with van der Waals surface area (Å²) in [6.07, 6.45) is 3.12. The number of amides is 2. The Morgan fingerprint density at radius 1 is 1.03 bits per heavy atom. The van der Waals surface area contributed by atoms with Crippen molar-refractivity contribution in [3.8, 4) is 0 Å². The predicted octanol–water partition coefficient (Wildman–Crippen LogP) is 1.99. The van der Waals surface area contributed by atoms with Gasteiger partial charge in [0.1, 0.15) is 11.9 Å². The van der Waals surface area contributed by atoms with E-state index in [2.05, 4.69) is 10.6 Å². The maximum atomic E-state index is 13.0. The SMILES string of the molecule is O=C(C[C@@H]1C=C[C@@H](NC(=O)c2ccc(F)cc2)[C@H](CO)O1)NCCc1ccccc1. The summed E-state index contributed by atoms with van der Waals surface area (Å²) in [5.74, 6) is -0.972. The summed E-state index contributed by atoms with van der Waals surface area (Å²) in [6.45, 7) is 0.212. The quantitative estimate of drug-likeness (QED) is 0.579. The van der Waals surface area contributed by atoms with Gasteiger partial charge in [0.15, 0.2) is 0 Å². The Kier molecular flexibility index (Phi) is 7.70. The third-order valence-electron chi connectivity index (χ3n) is 4.83. The molecule has 0 fully saturated rings. The molecule has 7 heteroatoms. The predicted molar refractivity (Wildman–Crippen MR) is 110 cm³/mol. The van der Waals surface area contributed by atoms with E-state index in [-0.39, 0.29) is 18.9 Å². The molecule has 0 spiro atoms. The Morgan fingerprint density at radius 3 is 2.47 bits per heavy atom. The maximum Gasteiger partial charge on any atom is 0.251 e. The van der Waals surface area contributed by atoms with Gasteiger partial charge in [-0.1, -0.05) is 42.5 Å². The lowest BCUT2D eigenvalue weighted by Gasteiger charge is -2.31. The second kappa shape index (κ2) is 10.7. The molecule has 0 aromatic heterocycles. The largest absolute Gasteiger partial charge is 0.394 e. The number of rotatable bonds is 8. The molecule has 0 bridgehead atoms. The molecule has 30 heavy (non-hydrogen) atoms. The first-order chi connectivity index (χ1) is 14.5. The molecule has 0 saturated heterocycles. The smallest absolute Gasteiger partial charge is 0.251 e. The van der Waals surface area contributed by atoms with Crippen LogP contribution >= 0.6 is 0 Å². The number of aliphatic hydroxyl groups excluding tert-OH is 1. The number of hydrogen-bond acceptors (Lipinski definition) is 4. The van der Waals surface area contributed by atoms with Crippen LogP contribution in [0.5, 0.6) is 0 Å². The van der Waals surface area contributed by atoms with Gasteiger partial charge in [-0.2, -0.15) is 0 Å². The molecule has 1 aliphatic rings. The third-order valence-corrected chi connectivity index (χ3v) is 4.83. The van der Waals surface area contributed by atoms with Crippen molar-refractivity contribution in [1.82, 2.24) is 10.6 Å². The van der Waals surface area contributed by atoms with E-state index in [0.717, 1.165) is 12.0 Å². The van der Waals surface area contributed by atoms with Crippen LogP contribution in [0.2, 0.25) is 0 Å². The highest BCUT2D eigenvalue weighted by atomic mass is 19.1. The molecule has 3 N–H and O–H groups in total. The van der Waals surface area contributed by atoms with Gasteiger partial charge in [-0.15, -0.1) is 0 Å². The van der Waals surface area contributed by atoms with Crippen LogP contribution in [0.25, 0.3) is 0 Å². The second-order valence-corrected chi connectivity index (χ2v) is 7.08. The monoisotopic (exact) mass is 412 g/mol. The zero-order valence-electron chi connectivity index (χ0n) is 16.5. The summed E-state index contributed by atoms with van der Waals surface area (Å²) in [4.78, 5) is 24.5. The highest BCUT2D eigenvalue weighted by Gasteiger charge is 2.29. The summed E-state index contributed by atoms with van der Waals surface area (Å²) in [5, 5.41) is 15.3. The van der Waals surface area contributed by atoms with E-state index in [1.807, 2.05) is 30.3 Å². The Labute approximate surface area is 174 Å². The highest BCUT2D eigenvalue weighted by molar-refractivity contribution is 5.94. The highest BCUT2D eigenvalue weighted by Crippen LogP contribution is 2.16. The van der Waals surface area contributed by atoms with Crippen LogP contribution in [0.4, 0.5) is 4.39 Å². The van der Waals surface area contributed by atoms with Gasteiger partial charge in [0.05, 0.1) is 25.2 Å². The second-order valence-electron chi connectivity index (χ2n) is 7.08. The van der Waals surface area contributed by atoms with Crippen molar-refractivity contribution in [3.63, 3.8) is 0 Å². The summed E-state index contributed by atoms with van der Waals surface area (Å²) < 4.78 is 18.8. The first-order valence-corrected chi connectivity index (χ1v) is 9.87. The van der Waals surface area contributed by atoms with Gasteiger partial charge in [0.25, 0.3) is 5.91 Å². The zero-order valence-corrected chi connectivity index (χ0v) is 16.5. The molecular weight excluding hydrogens is 387 g/mol. The van der Waals surface area contributed by atoms with E-state index in [1.54, 1.807) is 12.2 Å². The summed E-state index contributed by atoms with van der Waals surface area (Å²) in [6, 6.07) is 14.5. The molecule has 158 valence electrons. The number of benzene rings is 2. The molecule has 2 amide bonds. The van der Waals surface area contributed by atoms with Crippen molar-refractivity contribution in [2.45, 2.75) is 31.1 Å². The van der Waals surface area contributed by atoms with Gasteiger partial charge in [-0.3, -0.25) is 9.59 Å². The number of aliphatic hydroxyl groups is 1. The molecular formula is C23H25FN2O4. The minimum Gasteiger partial charge on any atom is -0.394 e. The van der Waals surface area contributed by atoms with Crippen molar-refractivity contribution < 1.29 is 23.8 Å². The molecule has 0 saturated carbocycles. The zero-order chi connectivity index (χ0) is 21.3. The van der Waals surface area contributed by atoms with Crippen LogP contribution in [0.3, 0.4) is 0 Å². The van der Waals surface area contributed by atoms with Crippen molar-refractivity contribution in [1.29, 1.82) is 0 Å². The number of halogens is 1. The van der Waals surface area contributed by atoms with E-state index >= 15 is 0 Å². The van der Waals surface area contributed by atoms with E-state index in [1.165, 1.54) is 24.3 Å². The van der Waals surface area contributed by atoms with Crippen LogP contribution in [0.1, 0.15) is 22.3 Å². The number of carbonyl (C=O) groups is 2. The third kappa shape index (κ3) is 6.23. The fraction of sp³-hybridized carbons (Fsp3) is 0.304. The Morgan fingerprint density at radius 2 is 1.77 bits per heavy atom. The Balaban J connectivity index is 1.48. The van der Waals surface area contributed by atoms with Crippen LogP contribution in [-0.4, -0.2) is 48.3 Å². The maximum absolute atomic E-state index is 13.0. The first kappa shape index (κ1) is 21.7. The minimum absolute atomic E-state index is 0.125. The summed E-state index contributed by atoms with van der Waals surface area (Å²) >= 11 is 0. The molecule has 3 rings (SSSR count). The number of ether oxygens (including phenoxy) is 1. The normalized spacial score (nSPS) is 20.5. The number of hydrogen-bond donors (Lipinski definition) is 3. The first-order valence-electron chi connectivity index (χ1n) is 9.87. The van der Waals surface area contributed by atoms with Crippen molar-refractivity contribution in [2.75, 3.05) is 13.2 Å². The minimum atomic E-state index is -0.679. The van der Waals surface area contributed by atoms with Crippen LogP contribution in [0.15, 0.2) is 66.7 Å². The fourth-order valence-corrected chi connectivity index (χ4v) is 3.22. The van der Waals surface area contributed by atoms with Gasteiger partial charge in [0.2, 0.25) is 5.91 Å². The van der Waals surface area contributed by atoms with Crippen LogP contribution < -0.4 is 10.6 Å². The van der Waals surface area contributed by atoms with Crippen LogP contribution in [0, 0.1) is 5.82 Å². The van der Waals surface area contributed by atoms with E-state index in [9.17, 15) is 19.1 Å². The summed E-state index contributed by atoms with van der Waals surface area (Å²) in [7, 11) is 0. The van der Waals surface area contributed by atoms with Gasteiger partial charge in [-0.25, -0.2) is 4.39 Å². The molecule has 1 aliphatic heterocycles. The van der Waals surface area contributed by atoms with Crippen molar-refractivity contribution in [2.24, 2.45) is 0 Å².